The lowest BCUT2D eigenvalue weighted by atomic mass is 9.72. The average molecular weight is 646 g/mol. The van der Waals surface area contributed by atoms with Crippen LogP contribution in [0.25, 0.3) is 0 Å². The molecule has 0 radical (unpaired) electrons. The minimum absolute atomic E-state index is 0.0874. The second-order valence-corrected chi connectivity index (χ2v) is 10.5. The Labute approximate surface area is 251 Å². The standard InChI is InChI=1S/C30H33BrN2O9/c1-5-39-24(34)21-22(25(35)40-6-2)30(27(37)41-7-3,28(38)42-8-4)32-29(21)19-15-12-16-20(31)23(19)33(26(29)36)17-18-13-10-9-11-14-18/h9-16,21-22,32H,5-8,17H2,1-4H3/t21-,22+,29+/m0/s1. The largest absolute Gasteiger partial charge is 0.466 e. The number of amides is 1. The molecular weight excluding hydrogens is 612 g/mol. The molecule has 3 atom stereocenters. The number of carbonyl (C=O) groups excluding carboxylic acids is 5. The van der Waals surface area contributed by atoms with E-state index in [9.17, 15) is 24.0 Å². The summed E-state index contributed by atoms with van der Waals surface area (Å²) in [4.78, 5) is 71.7. The Bertz CT molecular complexity index is 1360. The van der Waals surface area contributed by atoms with E-state index in [4.69, 9.17) is 18.9 Å². The van der Waals surface area contributed by atoms with Gasteiger partial charge in [0.15, 0.2) is 0 Å². The molecule has 2 aliphatic rings. The number of para-hydroxylation sites is 1. The van der Waals surface area contributed by atoms with Crippen molar-refractivity contribution in [1.29, 1.82) is 0 Å². The van der Waals surface area contributed by atoms with E-state index >= 15 is 0 Å². The van der Waals surface area contributed by atoms with Crippen LogP contribution in [-0.2, 0) is 55.0 Å². The molecule has 1 amide bonds. The molecule has 1 spiro atoms. The molecular formula is C30H33BrN2O9. The molecule has 1 N–H and O–H groups in total. The van der Waals surface area contributed by atoms with Gasteiger partial charge >= 0.3 is 23.9 Å². The van der Waals surface area contributed by atoms with Gasteiger partial charge < -0.3 is 23.8 Å². The summed E-state index contributed by atoms with van der Waals surface area (Å²) in [6.45, 7) is 5.70. The molecule has 2 heterocycles. The normalized spacial score (nSPS) is 22.0. The highest BCUT2D eigenvalue weighted by atomic mass is 79.9. The number of benzene rings is 2. The number of hydrogen-bond donors (Lipinski definition) is 1. The van der Waals surface area contributed by atoms with Crippen molar-refractivity contribution in [2.75, 3.05) is 31.3 Å². The lowest BCUT2D eigenvalue weighted by molar-refractivity contribution is -0.176. The van der Waals surface area contributed by atoms with Crippen LogP contribution in [0.15, 0.2) is 53.0 Å². The molecule has 1 fully saturated rings. The third-order valence-electron chi connectivity index (χ3n) is 7.38. The molecule has 0 bridgehead atoms. The van der Waals surface area contributed by atoms with Gasteiger partial charge in [-0.3, -0.25) is 19.7 Å². The van der Waals surface area contributed by atoms with Crippen LogP contribution in [-0.4, -0.2) is 61.8 Å². The second-order valence-electron chi connectivity index (χ2n) is 9.65. The van der Waals surface area contributed by atoms with E-state index in [-0.39, 0.29) is 38.5 Å². The number of ether oxygens (including phenoxy) is 4. The highest BCUT2D eigenvalue weighted by Crippen LogP contribution is 2.57. The maximum Gasteiger partial charge on any atom is 0.339 e. The number of anilines is 1. The van der Waals surface area contributed by atoms with Crippen LogP contribution in [0.2, 0.25) is 0 Å². The predicted molar refractivity (Wildman–Crippen MR) is 153 cm³/mol. The summed E-state index contributed by atoms with van der Waals surface area (Å²) in [6.07, 6.45) is 0. The molecule has 0 unspecified atom stereocenters. The summed E-state index contributed by atoms with van der Waals surface area (Å²) in [7, 11) is 0. The molecule has 2 aliphatic heterocycles. The minimum Gasteiger partial charge on any atom is -0.466 e. The predicted octanol–water partition coefficient (Wildman–Crippen LogP) is 3.02. The number of esters is 4. The lowest BCUT2D eigenvalue weighted by Crippen LogP contribution is -2.65. The molecule has 42 heavy (non-hydrogen) atoms. The smallest absolute Gasteiger partial charge is 0.339 e. The molecule has 224 valence electrons. The third-order valence-corrected chi connectivity index (χ3v) is 8.02. The highest BCUT2D eigenvalue weighted by Gasteiger charge is 2.79. The topological polar surface area (TPSA) is 138 Å². The zero-order chi connectivity index (χ0) is 30.7. The minimum atomic E-state index is -2.62. The first-order valence-electron chi connectivity index (χ1n) is 13.8. The van der Waals surface area contributed by atoms with E-state index in [0.29, 0.717) is 10.2 Å². The van der Waals surface area contributed by atoms with Gasteiger partial charge in [-0.05, 0) is 55.3 Å². The van der Waals surface area contributed by atoms with Gasteiger partial charge in [-0.1, -0.05) is 42.5 Å². The Kier molecular flexibility index (Phi) is 9.37. The number of hydrogen-bond acceptors (Lipinski definition) is 10. The van der Waals surface area contributed by atoms with Crippen LogP contribution in [0, 0.1) is 11.8 Å². The van der Waals surface area contributed by atoms with Crippen molar-refractivity contribution < 1.29 is 42.9 Å². The van der Waals surface area contributed by atoms with E-state index in [0.717, 1.165) is 5.56 Å². The zero-order valence-corrected chi connectivity index (χ0v) is 25.4. The summed E-state index contributed by atoms with van der Waals surface area (Å²) in [5.41, 5.74) is -3.29. The molecule has 1 saturated heterocycles. The SMILES string of the molecule is CCOC(=O)[C@@H]1[C@H](C(=O)OCC)C(C(=O)OCC)(C(=O)OCC)N[C@@]12C(=O)N(Cc1ccccc1)c1c(Br)cccc12. The Morgan fingerprint density at radius 3 is 1.88 bits per heavy atom. The summed E-state index contributed by atoms with van der Waals surface area (Å²) < 4.78 is 21.9. The number of nitrogens with zero attached hydrogens (tertiary/aromatic N) is 1. The fourth-order valence-electron chi connectivity index (χ4n) is 5.86. The van der Waals surface area contributed by atoms with Crippen molar-refractivity contribution >= 4 is 51.4 Å². The van der Waals surface area contributed by atoms with E-state index in [1.165, 1.54) is 18.7 Å². The monoisotopic (exact) mass is 644 g/mol. The van der Waals surface area contributed by atoms with Crippen molar-refractivity contribution in [2.24, 2.45) is 11.8 Å². The number of nitrogens with one attached hydrogen (secondary N) is 1. The van der Waals surface area contributed by atoms with Gasteiger partial charge in [0.25, 0.3) is 5.91 Å². The first-order valence-corrected chi connectivity index (χ1v) is 14.6. The van der Waals surface area contributed by atoms with Crippen molar-refractivity contribution in [2.45, 2.75) is 45.3 Å². The van der Waals surface area contributed by atoms with Crippen molar-refractivity contribution in [3.8, 4) is 0 Å². The fraction of sp³-hybridized carbons (Fsp3) is 0.433. The molecule has 2 aromatic rings. The maximum absolute atomic E-state index is 14.8. The van der Waals surface area contributed by atoms with Crippen LogP contribution in [0.5, 0.6) is 0 Å². The Morgan fingerprint density at radius 2 is 1.33 bits per heavy atom. The van der Waals surface area contributed by atoms with E-state index < -0.39 is 52.7 Å². The number of rotatable bonds is 10. The van der Waals surface area contributed by atoms with Crippen molar-refractivity contribution in [3.05, 3.63) is 64.1 Å². The first-order chi connectivity index (χ1) is 20.1. The van der Waals surface area contributed by atoms with Gasteiger partial charge in [0.05, 0.1) is 38.7 Å². The van der Waals surface area contributed by atoms with Gasteiger partial charge in [0, 0.05) is 10.0 Å². The van der Waals surface area contributed by atoms with Crippen LogP contribution in [0.4, 0.5) is 5.69 Å². The van der Waals surface area contributed by atoms with Crippen molar-refractivity contribution in [3.63, 3.8) is 0 Å². The number of halogens is 1. The molecule has 4 rings (SSSR count). The first kappa shape index (κ1) is 31.2. The highest BCUT2D eigenvalue weighted by molar-refractivity contribution is 9.10. The molecule has 12 heteroatoms. The van der Waals surface area contributed by atoms with Gasteiger partial charge in [-0.15, -0.1) is 0 Å². The number of carbonyl (C=O) groups is 5. The van der Waals surface area contributed by atoms with E-state index in [2.05, 4.69) is 21.2 Å². The third kappa shape index (κ3) is 4.86. The average Bonchev–Trinajstić information content (AvgIpc) is 3.42. The summed E-state index contributed by atoms with van der Waals surface area (Å²) in [5, 5.41) is 2.91. The van der Waals surface area contributed by atoms with Gasteiger partial charge in [-0.2, -0.15) is 0 Å². The van der Waals surface area contributed by atoms with Crippen LogP contribution >= 0.6 is 15.9 Å². The molecule has 0 aromatic heterocycles. The zero-order valence-electron chi connectivity index (χ0n) is 23.8. The van der Waals surface area contributed by atoms with Crippen LogP contribution < -0.4 is 10.2 Å². The van der Waals surface area contributed by atoms with Crippen LogP contribution in [0.1, 0.15) is 38.8 Å². The Hall–Kier alpha value is -3.77. The molecule has 11 nitrogen and oxygen atoms in total. The fourth-order valence-corrected chi connectivity index (χ4v) is 6.44. The van der Waals surface area contributed by atoms with Gasteiger partial charge in [-0.25, -0.2) is 9.59 Å². The summed E-state index contributed by atoms with van der Waals surface area (Å²) in [5.74, 6) is -8.66. The second kappa shape index (κ2) is 12.6. The van der Waals surface area contributed by atoms with E-state index in [1.807, 2.05) is 30.3 Å². The van der Waals surface area contributed by atoms with Crippen molar-refractivity contribution in [1.82, 2.24) is 5.32 Å². The van der Waals surface area contributed by atoms with Gasteiger partial charge in [0.1, 0.15) is 17.4 Å². The molecule has 0 saturated carbocycles. The Morgan fingerprint density at radius 1 is 0.786 bits per heavy atom. The number of fused-ring (bicyclic) bond motifs is 2. The van der Waals surface area contributed by atoms with Crippen LogP contribution in [0.3, 0.4) is 0 Å². The quantitative estimate of drug-likeness (QED) is 0.233. The summed E-state index contributed by atoms with van der Waals surface area (Å²) in [6, 6.07) is 14.2. The molecule has 2 aromatic carbocycles. The molecule has 0 aliphatic carbocycles. The van der Waals surface area contributed by atoms with E-state index in [1.54, 1.807) is 32.0 Å². The Balaban J connectivity index is 2.07. The summed E-state index contributed by atoms with van der Waals surface area (Å²) >= 11 is 3.54. The van der Waals surface area contributed by atoms with Gasteiger partial charge in [0.2, 0.25) is 5.54 Å². The lowest BCUT2D eigenvalue weighted by Gasteiger charge is -2.31. The maximum atomic E-state index is 14.8.